The number of hydrogen-bond donors (Lipinski definition) is 2. The molecular weight excluding hydrogens is 312 g/mol. The van der Waals surface area contributed by atoms with Gasteiger partial charge in [0.05, 0.1) is 0 Å². The lowest BCUT2D eigenvalue weighted by Gasteiger charge is -2.04. The molecule has 2 aromatic rings. The van der Waals surface area contributed by atoms with Crippen LogP contribution in [0.2, 0.25) is 0 Å². The van der Waals surface area contributed by atoms with E-state index in [0.717, 1.165) is 29.5 Å². The second kappa shape index (κ2) is 7.08. The number of halogens is 2. The molecule has 1 aromatic carbocycles. The maximum Gasteiger partial charge on any atom is 0.280 e. The fourth-order valence-corrected chi connectivity index (χ4v) is 2.42. The number of amides is 2. The average Bonchev–Trinajstić information content (AvgIpc) is 2.94. The summed E-state index contributed by atoms with van der Waals surface area (Å²) in [5, 5.41) is 6.71. The van der Waals surface area contributed by atoms with Crippen LogP contribution in [0.3, 0.4) is 0 Å². The van der Waals surface area contributed by atoms with E-state index in [1.54, 1.807) is 6.92 Å². The van der Waals surface area contributed by atoms with E-state index in [1.807, 2.05) is 0 Å². The largest absolute Gasteiger partial charge is 0.350 e. The molecule has 0 bridgehead atoms. The lowest BCUT2D eigenvalue weighted by molar-refractivity contribution is 0.0946. The predicted octanol–water partition coefficient (Wildman–Crippen LogP) is 2.10. The Labute approximate surface area is 129 Å². The molecule has 0 radical (unpaired) electrons. The van der Waals surface area contributed by atoms with Crippen LogP contribution in [0.15, 0.2) is 23.6 Å². The van der Waals surface area contributed by atoms with Gasteiger partial charge in [0.1, 0.15) is 17.3 Å². The van der Waals surface area contributed by atoms with Gasteiger partial charge in [-0.3, -0.25) is 9.59 Å². The summed E-state index contributed by atoms with van der Waals surface area (Å²) in [5.41, 5.74) is 0.383. The van der Waals surface area contributed by atoms with Crippen molar-refractivity contribution in [1.82, 2.24) is 15.6 Å². The fourth-order valence-electron chi connectivity index (χ4n) is 1.70. The van der Waals surface area contributed by atoms with Crippen molar-refractivity contribution in [2.45, 2.75) is 13.5 Å². The van der Waals surface area contributed by atoms with Crippen molar-refractivity contribution in [1.29, 1.82) is 0 Å². The second-order valence-electron chi connectivity index (χ2n) is 4.36. The van der Waals surface area contributed by atoms with Gasteiger partial charge >= 0.3 is 0 Å². The second-order valence-corrected chi connectivity index (χ2v) is 5.22. The highest BCUT2D eigenvalue weighted by Crippen LogP contribution is 2.11. The van der Waals surface area contributed by atoms with Gasteiger partial charge in [-0.05, 0) is 24.6 Å². The molecule has 0 fully saturated rings. The van der Waals surface area contributed by atoms with Crippen LogP contribution in [0.1, 0.15) is 32.8 Å². The molecule has 22 heavy (non-hydrogen) atoms. The van der Waals surface area contributed by atoms with Gasteiger partial charge in [-0.2, -0.15) is 0 Å². The number of carbonyl (C=O) groups excluding carboxylic acids is 2. The fraction of sp³-hybridized carbons (Fsp3) is 0.214. The van der Waals surface area contributed by atoms with Crippen LogP contribution in [0.25, 0.3) is 0 Å². The summed E-state index contributed by atoms with van der Waals surface area (Å²) < 4.78 is 26.1. The first kappa shape index (κ1) is 16.0. The van der Waals surface area contributed by atoms with Gasteiger partial charge in [0.15, 0.2) is 5.01 Å². The molecule has 116 valence electrons. The van der Waals surface area contributed by atoms with Crippen LogP contribution < -0.4 is 10.6 Å². The Kier molecular flexibility index (Phi) is 5.16. The Morgan fingerprint density at radius 2 is 1.82 bits per heavy atom. The topological polar surface area (TPSA) is 71.1 Å². The van der Waals surface area contributed by atoms with Gasteiger partial charge in [0.25, 0.3) is 11.8 Å². The van der Waals surface area contributed by atoms with Gasteiger partial charge in [-0.25, -0.2) is 13.8 Å². The number of carbonyl (C=O) groups is 2. The molecule has 0 saturated heterocycles. The van der Waals surface area contributed by atoms with Crippen LogP contribution in [0, 0.1) is 11.6 Å². The van der Waals surface area contributed by atoms with Crippen LogP contribution in [0.5, 0.6) is 0 Å². The van der Waals surface area contributed by atoms with Crippen LogP contribution in [-0.4, -0.2) is 23.3 Å². The molecule has 0 spiro atoms. The number of aromatic nitrogens is 1. The van der Waals surface area contributed by atoms with Crippen molar-refractivity contribution >= 4 is 23.2 Å². The molecule has 0 aliphatic heterocycles. The summed E-state index contributed by atoms with van der Waals surface area (Å²) in [7, 11) is 0. The number of benzene rings is 1. The van der Waals surface area contributed by atoms with Crippen molar-refractivity contribution in [2.75, 3.05) is 6.54 Å². The molecule has 8 heteroatoms. The van der Waals surface area contributed by atoms with Crippen molar-refractivity contribution in [3.05, 3.63) is 51.5 Å². The molecular formula is C14H13F2N3O2S. The normalized spacial score (nSPS) is 10.3. The molecule has 1 aromatic heterocycles. The third-order valence-corrected chi connectivity index (χ3v) is 3.48. The first-order chi connectivity index (χ1) is 10.5. The van der Waals surface area contributed by atoms with E-state index in [1.165, 1.54) is 5.38 Å². The molecule has 0 atom stereocenters. The molecule has 0 aliphatic rings. The molecule has 2 amide bonds. The van der Waals surface area contributed by atoms with Gasteiger partial charge in [0.2, 0.25) is 0 Å². The van der Waals surface area contributed by atoms with E-state index in [-0.39, 0.29) is 23.2 Å². The minimum atomic E-state index is -0.712. The quantitative estimate of drug-likeness (QED) is 0.884. The van der Waals surface area contributed by atoms with E-state index >= 15 is 0 Å². The molecule has 5 nitrogen and oxygen atoms in total. The van der Waals surface area contributed by atoms with E-state index in [4.69, 9.17) is 0 Å². The lowest BCUT2D eigenvalue weighted by Crippen LogP contribution is -2.25. The number of hydrogen-bond acceptors (Lipinski definition) is 4. The first-order valence-corrected chi connectivity index (χ1v) is 7.34. The molecule has 2 rings (SSSR count). The first-order valence-electron chi connectivity index (χ1n) is 6.46. The zero-order chi connectivity index (χ0) is 16.1. The number of nitrogens with zero attached hydrogens (tertiary/aromatic N) is 1. The standard InChI is InChI=1S/C14H13F2N3O2S/c1-2-17-13(21)14-19-11(7-22-14)12(20)18-6-8-3-9(15)5-10(16)4-8/h3-5,7H,2,6H2,1H3,(H,17,21)(H,18,20). The van der Waals surface area contributed by atoms with E-state index in [0.29, 0.717) is 12.1 Å². The summed E-state index contributed by atoms with van der Waals surface area (Å²) in [5.74, 6) is -2.29. The predicted molar refractivity (Wildman–Crippen MR) is 77.6 cm³/mol. The van der Waals surface area contributed by atoms with Crippen molar-refractivity contribution in [3.63, 3.8) is 0 Å². The summed E-state index contributed by atoms with van der Waals surface area (Å²) >= 11 is 1.05. The van der Waals surface area contributed by atoms with Gasteiger partial charge < -0.3 is 10.6 Å². The number of rotatable bonds is 5. The van der Waals surface area contributed by atoms with Crippen molar-refractivity contribution < 1.29 is 18.4 Å². The summed E-state index contributed by atoms with van der Waals surface area (Å²) in [6.07, 6.45) is 0. The minimum absolute atomic E-state index is 0.0401. The SMILES string of the molecule is CCNC(=O)c1nc(C(=O)NCc2cc(F)cc(F)c2)cs1. The Balaban J connectivity index is 1.99. The minimum Gasteiger partial charge on any atom is -0.350 e. The van der Waals surface area contributed by atoms with Crippen LogP contribution in [-0.2, 0) is 6.54 Å². The number of nitrogens with one attached hydrogen (secondary N) is 2. The highest BCUT2D eigenvalue weighted by atomic mass is 32.1. The smallest absolute Gasteiger partial charge is 0.280 e. The van der Waals surface area contributed by atoms with Gasteiger partial charge in [-0.1, -0.05) is 0 Å². The zero-order valence-electron chi connectivity index (χ0n) is 11.7. The van der Waals surface area contributed by atoms with Gasteiger partial charge in [0, 0.05) is 24.5 Å². The summed E-state index contributed by atoms with van der Waals surface area (Å²) in [4.78, 5) is 27.4. The third kappa shape index (κ3) is 4.08. The Morgan fingerprint density at radius 3 is 2.45 bits per heavy atom. The maximum absolute atomic E-state index is 13.0. The van der Waals surface area contributed by atoms with E-state index in [2.05, 4.69) is 15.6 Å². The molecule has 1 heterocycles. The monoisotopic (exact) mass is 325 g/mol. The van der Waals surface area contributed by atoms with E-state index in [9.17, 15) is 18.4 Å². The Bertz CT molecular complexity index is 683. The molecule has 2 N–H and O–H groups in total. The average molecular weight is 325 g/mol. The zero-order valence-corrected chi connectivity index (χ0v) is 12.5. The summed E-state index contributed by atoms with van der Waals surface area (Å²) in [6.45, 7) is 2.20. The van der Waals surface area contributed by atoms with Gasteiger partial charge in [-0.15, -0.1) is 11.3 Å². The highest BCUT2D eigenvalue weighted by Gasteiger charge is 2.15. The van der Waals surface area contributed by atoms with Crippen molar-refractivity contribution in [3.8, 4) is 0 Å². The molecule has 0 saturated carbocycles. The third-order valence-electron chi connectivity index (χ3n) is 2.64. The Morgan fingerprint density at radius 1 is 1.14 bits per heavy atom. The lowest BCUT2D eigenvalue weighted by atomic mass is 10.2. The van der Waals surface area contributed by atoms with Crippen molar-refractivity contribution in [2.24, 2.45) is 0 Å². The molecule has 0 aliphatic carbocycles. The summed E-state index contributed by atoms with van der Waals surface area (Å²) in [6, 6.07) is 3.01. The number of thiazole rings is 1. The van der Waals surface area contributed by atoms with Crippen LogP contribution >= 0.6 is 11.3 Å². The molecule has 0 unspecified atom stereocenters. The van der Waals surface area contributed by atoms with Crippen LogP contribution in [0.4, 0.5) is 8.78 Å². The van der Waals surface area contributed by atoms with E-state index < -0.39 is 17.5 Å². The maximum atomic E-state index is 13.0. The Hall–Kier alpha value is -2.35. The highest BCUT2D eigenvalue weighted by molar-refractivity contribution is 7.11.